The van der Waals surface area contributed by atoms with Crippen LogP contribution in [0, 0.1) is 0 Å². The third-order valence-corrected chi connectivity index (χ3v) is 7.92. The lowest BCUT2D eigenvalue weighted by atomic mass is 9.79. The van der Waals surface area contributed by atoms with Crippen molar-refractivity contribution in [1.82, 2.24) is 9.88 Å². The third-order valence-electron chi connectivity index (χ3n) is 6.00. The normalized spacial score (nSPS) is 22.9. The lowest BCUT2D eigenvalue weighted by Crippen LogP contribution is -2.46. The van der Waals surface area contributed by atoms with Crippen molar-refractivity contribution in [3.05, 3.63) is 45.6 Å². The Morgan fingerprint density at radius 1 is 1.18 bits per heavy atom. The van der Waals surface area contributed by atoms with Gasteiger partial charge in [-0.25, -0.2) is 4.98 Å². The number of benzene rings is 1. The van der Waals surface area contributed by atoms with E-state index in [0.29, 0.717) is 12.3 Å². The van der Waals surface area contributed by atoms with Crippen LogP contribution < -0.4 is 5.32 Å². The van der Waals surface area contributed by atoms with Crippen LogP contribution in [-0.2, 0) is 11.2 Å². The molecule has 146 valence electrons. The van der Waals surface area contributed by atoms with Crippen LogP contribution in [0.4, 0.5) is 5.69 Å². The van der Waals surface area contributed by atoms with Gasteiger partial charge in [-0.05, 0) is 79.4 Å². The number of amides is 1. The molecule has 0 radical (unpaired) electrons. The molecule has 1 saturated carbocycles. The van der Waals surface area contributed by atoms with E-state index in [-0.39, 0.29) is 5.91 Å². The average molecular weight is 412 g/mol. The first kappa shape index (κ1) is 18.3. The molecule has 4 nitrogen and oxygen atoms in total. The first-order valence-corrected chi connectivity index (χ1v) is 12.0. The van der Waals surface area contributed by atoms with Gasteiger partial charge in [0.2, 0.25) is 5.91 Å². The predicted octanol–water partition coefficient (Wildman–Crippen LogP) is 5.27. The van der Waals surface area contributed by atoms with E-state index in [1.807, 2.05) is 29.0 Å². The standard InChI is InChI=1S/C22H25N3OS2/c26-21(10-15-6-9-27-14-15)23-17-4-5-19-20(13-17)28-22(24-19)16-11-18(12-16)25-7-2-1-3-8-25/h4-6,9,13-14,16,18H,1-3,7-8,10-12H2,(H,23,26). The molecule has 1 aliphatic carbocycles. The Labute approximate surface area is 173 Å². The molecule has 2 aliphatic rings. The molecule has 2 aromatic heterocycles. The van der Waals surface area contributed by atoms with Crippen LogP contribution >= 0.6 is 22.7 Å². The van der Waals surface area contributed by atoms with Gasteiger partial charge in [0.25, 0.3) is 0 Å². The number of hydrogen-bond donors (Lipinski definition) is 1. The van der Waals surface area contributed by atoms with Gasteiger partial charge in [0.05, 0.1) is 21.6 Å². The summed E-state index contributed by atoms with van der Waals surface area (Å²) in [4.78, 5) is 19.8. The van der Waals surface area contributed by atoms with Crippen molar-refractivity contribution in [2.24, 2.45) is 0 Å². The Morgan fingerprint density at radius 3 is 2.82 bits per heavy atom. The number of fused-ring (bicyclic) bond motifs is 1. The number of likely N-dealkylation sites (tertiary alicyclic amines) is 1. The molecule has 0 atom stereocenters. The molecule has 5 rings (SSSR count). The zero-order valence-electron chi connectivity index (χ0n) is 15.9. The van der Waals surface area contributed by atoms with Gasteiger partial charge in [-0.2, -0.15) is 11.3 Å². The summed E-state index contributed by atoms with van der Waals surface area (Å²) in [5.74, 6) is 0.645. The quantitative estimate of drug-likeness (QED) is 0.622. The van der Waals surface area contributed by atoms with Gasteiger partial charge in [0, 0.05) is 17.6 Å². The molecule has 1 aromatic carbocycles. The lowest BCUT2D eigenvalue weighted by molar-refractivity contribution is -0.115. The summed E-state index contributed by atoms with van der Waals surface area (Å²) in [7, 11) is 0. The molecular weight excluding hydrogens is 386 g/mol. The van der Waals surface area contributed by atoms with Crippen molar-refractivity contribution in [3.8, 4) is 0 Å². The minimum Gasteiger partial charge on any atom is -0.326 e. The number of hydrogen-bond acceptors (Lipinski definition) is 5. The third kappa shape index (κ3) is 3.86. The fourth-order valence-corrected chi connectivity index (χ4v) is 6.15. The van der Waals surface area contributed by atoms with Crippen LogP contribution in [0.1, 0.15) is 48.6 Å². The maximum Gasteiger partial charge on any atom is 0.228 e. The molecule has 0 unspecified atom stereocenters. The van der Waals surface area contributed by atoms with E-state index in [1.54, 1.807) is 22.7 Å². The minimum absolute atomic E-state index is 0.0332. The van der Waals surface area contributed by atoms with Crippen LogP contribution in [0.5, 0.6) is 0 Å². The molecule has 0 spiro atoms. The average Bonchev–Trinajstić information content (AvgIpc) is 3.30. The van der Waals surface area contributed by atoms with Crippen molar-refractivity contribution in [3.63, 3.8) is 0 Å². The zero-order chi connectivity index (χ0) is 18.9. The molecule has 28 heavy (non-hydrogen) atoms. The van der Waals surface area contributed by atoms with E-state index in [4.69, 9.17) is 4.98 Å². The van der Waals surface area contributed by atoms with E-state index in [1.165, 1.54) is 54.9 Å². The topological polar surface area (TPSA) is 45.2 Å². The molecule has 3 aromatic rings. The smallest absolute Gasteiger partial charge is 0.228 e. The number of carbonyl (C=O) groups is 1. The zero-order valence-corrected chi connectivity index (χ0v) is 17.5. The summed E-state index contributed by atoms with van der Waals surface area (Å²) in [6, 6.07) is 8.84. The highest BCUT2D eigenvalue weighted by molar-refractivity contribution is 7.18. The van der Waals surface area contributed by atoms with Crippen LogP contribution in [0.2, 0.25) is 0 Å². The van der Waals surface area contributed by atoms with Crippen molar-refractivity contribution in [2.45, 2.75) is 50.5 Å². The number of rotatable bonds is 5. The van der Waals surface area contributed by atoms with Crippen molar-refractivity contribution in [2.75, 3.05) is 18.4 Å². The number of nitrogens with one attached hydrogen (secondary N) is 1. The summed E-state index contributed by atoms with van der Waals surface area (Å²) in [5.41, 5.74) is 2.98. The van der Waals surface area contributed by atoms with Gasteiger partial charge in [-0.15, -0.1) is 11.3 Å². The first-order chi connectivity index (χ1) is 13.7. The summed E-state index contributed by atoms with van der Waals surface area (Å²) in [6.45, 7) is 2.57. The highest BCUT2D eigenvalue weighted by Gasteiger charge is 2.36. The van der Waals surface area contributed by atoms with Gasteiger partial charge in [0.1, 0.15) is 0 Å². The van der Waals surface area contributed by atoms with E-state index in [2.05, 4.69) is 16.3 Å². The molecule has 1 saturated heterocycles. The maximum absolute atomic E-state index is 12.2. The molecule has 1 amide bonds. The lowest BCUT2D eigenvalue weighted by Gasteiger charge is -2.43. The van der Waals surface area contributed by atoms with Crippen LogP contribution in [0.15, 0.2) is 35.0 Å². The molecule has 2 fully saturated rings. The second-order valence-electron chi connectivity index (χ2n) is 8.01. The number of aromatic nitrogens is 1. The number of thiazole rings is 1. The minimum atomic E-state index is 0.0332. The van der Waals surface area contributed by atoms with E-state index >= 15 is 0 Å². The number of anilines is 1. The van der Waals surface area contributed by atoms with Crippen LogP contribution in [0.25, 0.3) is 10.2 Å². The van der Waals surface area contributed by atoms with Gasteiger partial charge in [-0.3, -0.25) is 4.79 Å². The molecule has 6 heteroatoms. The maximum atomic E-state index is 12.2. The number of carbonyl (C=O) groups excluding carboxylic acids is 1. The van der Waals surface area contributed by atoms with Crippen LogP contribution in [0.3, 0.4) is 0 Å². The monoisotopic (exact) mass is 411 g/mol. The van der Waals surface area contributed by atoms with Crippen molar-refractivity contribution in [1.29, 1.82) is 0 Å². The molecule has 3 heterocycles. The summed E-state index contributed by atoms with van der Waals surface area (Å²) in [6.07, 6.45) is 7.06. The Hall–Kier alpha value is -1.76. The van der Waals surface area contributed by atoms with E-state index in [9.17, 15) is 4.79 Å². The summed E-state index contributed by atoms with van der Waals surface area (Å²) >= 11 is 3.42. The second kappa shape index (κ2) is 7.93. The van der Waals surface area contributed by atoms with Crippen molar-refractivity contribution < 1.29 is 4.79 Å². The van der Waals surface area contributed by atoms with Gasteiger partial charge in [0.15, 0.2) is 0 Å². The fourth-order valence-electron chi connectivity index (χ4n) is 4.35. The number of nitrogens with zero attached hydrogens (tertiary/aromatic N) is 2. The Morgan fingerprint density at radius 2 is 2.04 bits per heavy atom. The van der Waals surface area contributed by atoms with E-state index < -0.39 is 0 Å². The van der Waals surface area contributed by atoms with Gasteiger partial charge >= 0.3 is 0 Å². The van der Waals surface area contributed by atoms with Gasteiger partial charge in [-0.1, -0.05) is 6.42 Å². The first-order valence-electron chi connectivity index (χ1n) is 10.2. The number of thiophene rings is 1. The summed E-state index contributed by atoms with van der Waals surface area (Å²) in [5, 5.41) is 8.32. The molecule has 1 aliphatic heterocycles. The number of piperidine rings is 1. The van der Waals surface area contributed by atoms with Crippen molar-refractivity contribution >= 4 is 44.5 Å². The Kier molecular flexibility index (Phi) is 5.18. The second-order valence-corrected chi connectivity index (χ2v) is 9.85. The van der Waals surface area contributed by atoms with E-state index in [0.717, 1.165) is 22.8 Å². The fraction of sp³-hybridized carbons (Fsp3) is 0.455. The predicted molar refractivity (Wildman–Crippen MR) is 117 cm³/mol. The Balaban J connectivity index is 1.22. The molecular formula is C22H25N3OS2. The van der Waals surface area contributed by atoms with Crippen LogP contribution in [-0.4, -0.2) is 34.9 Å². The highest BCUT2D eigenvalue weighted by atomic mass is 32.1. The highest BCUT2D eigenvalue weighted by Crippen LogP contribution is 2.43. The summed E-state index contributed by atoms with van der Waals surface area (Å²) < 4.78 is 1.17. The molecule has 0 bridgehead atoms. The molecule has 1 N–H and O–H groups in total. The Bertz CT molecular complexity index is 953. The largest absolute Gasteiger partial charge is 0.326 e. The SMILES string of the molecule is O=C(Cc1ccsc1)Nc1ccc2nc(C3CC(N4CCCCC4)C3)sc2c1. The van der Waals surface area contributed by atoms with Gasteiger partial charge < -0.3 is 10.2 Å².